The molecule has 1 heterocycles. The van der Waals surface area contributed by atoms with E-state index in [1.165, 1.54) is 19.2 Å². The number of amides is 1. The Morgan fingerprint density at radius 2 is 2.14 bits per heavy atom. The number of likely N-dealkylation sites (tertiary alicyclic amines) is 1. The number of methoxy groups -OCH3 is 1. The fourth-order valence-electron chi connectivity index (χ4n) is 2.52. The second-order valence-corrected chi connectivity index (χ2v) is 5.03. The average molecular weight is 294 g/mol. The Bertz CT molecular complexity index is 521. The van der Waals surface area contributed by atoms with Gasteiger partial charge < -0.3 is 10.1 Å². The Balaban J connectivity index is 1.97. The number of benzene rings is 1. The molecule has 1 atom stereocenters. The third-order valence-electron chi connectivity index (χ3n) is 3.58. The number of piperidine rings is 1. The molecule has 1 aliphatic heterocycles. The van der Waals surface area contributed by atoms with Gasteiger partial charge in [-0.05, 0) is 31.5 Å². The quantitative estimate of drug-likeness (QED) is 0.860. The lowest BCUT2D eigenvalue weighted by atomic mass is 10.0. The van der Waals surface area contributed by atoms with Crippen LogP contribution in [0.5, 0.6) is 0 Å². The summed E-state index contributed by atoms with van der Waals surface area (Å²) >= 11 is 0. The molecule has 0 spiro atoms. The van der Waals surface area contributed by atoms with Crippen LogP contribution in [0.4, 0.5) is 10.1 Å². The number of nitrogens with zero attached hydrogens (tertiary/aromatic N) is 1. The van der Waals surface area contributed by atoms with Crippen molar-refractivity contribution in [3.63, 3.8) is 0 Å². The summed E-state index contributed by atoms with van der Waals surface area (Å²) in [6.45, 7) is 0.707. The largest absolute Gasteiger partial charge is 0.468 e. The number of nitrogens with one attached hydrogen (secondary N) is 1. The molecule has 1 aromatic carbocycles. The molecule has 0 saturated carbocycles. The van der Waals surface area contributed by atoms with Gasteiger partial charge in [0.25, 0.3) is 0 Å². The summed E-state index contributed by atoms with van der Waals surface area (Å²) in [6.07, 6.45) is 2.55. The Morgan fingerprint density at radius 1 is 1.38 bits per heavy atom. The smallest absolute Gasteiger partial charge is 0.323 e. The number of hydrogen-bond acceptors (Lipinski definition) is 4. The lowest BCUT2D eigenvalue weighted by Gasteiger charge is -2.32. The topological polar surface area (TPSA) is 58.6 Å². The van der Waals surface area contributed by atoms with E-state index in [1.807, 2.05) is 0 Å². The van der Waals surface area contributed by atoms with Crippen LogP contribution in [0.25, 0.3) is 0 Å². The number of carbonyl (C=O) groups excluding carboxylic acids is 2. The Kier molecular flexibility index (Phi) is 5.27. The summed E-state index contributed by atoms with van der Waals surface area (Å²) < 4.78 is 18.3. The van der Waals surface area contributed by atoms with Crippen LogP contribution in [-0.2, 0) is 14.3 Å². The highest BCUT2D eigenvalue weighted by atomic mass is 19.1. The number of para-hydroxylation sites is 1. The molecule has 0 bridgehead atoms. The maximum atomic E-state index is 13.5. The van der Waals surface area contributed by atoms with Crippen molar-refractivity contribution >= 4 is 17.6 Å². The average Bonchev–Trinajstić information content (AvgIpc) is 2.49. The van der Waals surface area contributed by atoms with Gasteiger partial charge in [0.15, 0.2) is 0 Å². The number of ether oxygens (including phenoxy) is 1. The third-order valence-corrected chi connectivity index (χ3v) is 3.58. The summed E-state index contributed by atoms with van der Waals surface area (Å²) in [7, 11) is 1.34. The van der Waals surface area contributed by atoms with Crippen molar-refractivity contribution in [2.45, 2.75) is 25.3 Å². The van der Waals surface area contributed by atoms with Crippen LogP contribution >= 0.6 is 0 Å². The van der Waals surface area contributed by atoms with E-state index in [4.69, 9.17) is 4.74 Å². The van der Waals surface area contributed by atoms with Crippen LogP contribution < -0.4 is 5.32 Å². The van der Waals surface area contributed by atoms with E-state index in [9.17, 15) is 14.0 Å². The maximum absolute atomic E-state index is 13.5. The normalized spacial score (nSPS) is 19.0. The fourth-order valence-corrected chi connectivity index (χ4v) is 2.52. The summed E-state index contributed by atoms with van der Waals surface area (Å²) in [5.41, 5.74) is 0.147. The van der Waals surface area contributed by atoms with Crippen molar-refractivity contribution in [1.82, 2.24) is 4.90 Å². The van der Waals surface area contributed by atoms with Gasteiger partial charge in [-0.1, -0.05) is 18.6 Å². The Labute approximate surface area is 123 Å². The van der Waals surface area contributed by atoms with Gasteiger partial charge in [0.1, 0.15) is 11.9 Å². The number of hydrogen-bond donors (Lipinski definition) is 1. The van der Waals surface area contributed by atoms with Crippen LogP contribution in [0.2, 0.25) is 0 Å². The molecular formula is C15H19FN2O3. The third kappa shape index (κ3) is 4.01. The maximum Gasteiger partial charge on any atom is 0.323 e. The zero-order valence-corrected chi connectivity index (χ0v) is 12.0. The van der Waals surface area contributed by atoms with Crippen LogP contribution in [-0.4, -0.2) is 43.0 Å². The fraction of sp³-hybridized carbons (Fsp3) is 0.467. The van der Waals surface area contributed by atoms with Crippen molar-refractivity contribution < 1.29 is 18.7 Å². The van der Waals surface area contributed by atoms with Crippen molar-refractivity contribution in [3.05, 3.63) is 30.1 Å². The molecule has 1 N–H and O–H groups in total. The Hall–Kier alpha value is -1.95. The van der Waals surface area contributed by atoms with Gasteiger partial charge in [-0.2, -0.15) is 0 Å². The van der Waals surface area contributed by atoms with Gasteiger partial charge in [0, 0.05) is 0 Å². The van der Waals surface area contributed by atoms with Gasteiger partial charge in [0.05, 0.1) is 19.3 Å². The lowest BCUT2D eigenvalue weighted by molar-refractivity contribution is -0.148. The van der Waals surface area contributed by atoms with E-state index in [-0.39, 0.29) is 24.1 Å². The highest BCUT2D eigenvalue weighted by Crippen LogP contribution is 2.18. The number of carbonyl (C=O) groups is 2. The first-order chi connectivity index (χ1) is 10.1. The zero-order valence-electron chi connectivity index (χ0n) is 12.0. The van der Waals surface area contributed by atoms with Crippen molar-refractivity contribution in [3.8, 4) is 0 Å². The van der Waals surface area contributed by atoms with E-state index in [2.05, 4.69) is 5.32 Å². The highest BCUT2D eigenvalue weighted by molar-refractivity contribution is 5.92. The molecule has 0 unspecified atom stereocenters. The summed E-state index contributed by atoms with van der Waals surface area (Å²) in [6, 6.07) is 5.60. The van der Waals surface area contributed by atoms with E-state index in [0.717, 1.165) is 12.8 Å². The van der Waals surface area contributed by atoms with Gasteiger partial charge >= 0.3 is 5.97 Å². The summed E-state index contributed by atoms with van der Waals surface area (Å²) in [5.74, 6) is -1.14. The van der Waals surface area contributed by atoms with Crippen molar-refractivity contribution in [2.75, 3.05) is 25.5 Å². The second-order valence-electron chi connectivity index (χ2n) is 5.03. The minimum Gasteiger partial charge on any atom is -0.468 e. The van der Waals surface area contributed by atoms with Gasteiger partial charge in [-0.3, -0.25) is 14.5 Å². The Morgan fingerprint density at radius 3 is 2.86 bits per heavy atom. The standard InChI is InChI=1S/C15H19FN2O3/c1-21-15(20)13-8-4-5-9-18(13)10-14(19)17-12-7-3-2-6-11(12)16/h2-3,6-7,13H,4-5,8-10H2,1H3,(H,17,19)/t13-/m1/s1. The molecule has 1 aliphatic rings. The predicted molar refractivity (Wildman–Crippen MR) is 76.3 cm³/mol. The van der Waals surface area contributed by atoms with E-state index < -0.39 is 11.9 Å². The first-order valence-corrected chi connectivity index (χ1v) is 6.98. The number of rotatable bonds is 4. The molecule has 114 valence electrons. The molecule has 1 aromatic rings. The molecule has 2 rings (SSSR count). The highest BCUT2D eigenvalue weighted by Gasteiger charge is 2.30. The second kappa shape index (κ2) is 7.17. The van der Waals surface area contributed by atoms with Crippen molar-refractivity contribution in [2.24, 2.45) is 0 Å². The lowest BCUT2D eigenvalue weighted by Crippen LogP contribution is -2.48. The first kappa shape index (κ1) is 15.4. The number of halogens is 1. The minimum atomic E-state index is -0.478. The molecular weight excluding hydrogens is 275 g/mol. The molecule has 21 heavy (non-hydrogen) atoms. The van der Waals surface area contributed by atoms with Crippen LogP contribution in [0.3, 0.4) is 0 Å². The van der Waals surface area contributed by atoms with Crippen LogP contribution in [0.15, 0.2) is 24.3 Å². The van der Waals surface area contributed by atoms with E-state index in [0.29, 0.717) is 13.0 Å². The predicted octanol–water partition coefficient (Wildman–Crippen LogP) is 1.79. The number of esters is 1. The van der Waals surface area contributed by atoms with Crippen LogP contribution in [0.1, 0.15) is 19.3 Å². The molecule has 6 heteroatoms. The SMILES string of the molecule is COC(=O)[C@H]1CCCCN1CC(=O)Nc1ccccc1F. The molecule has 0 aliphatic carbocycles. The molecule has 1 fully saturated rings. The zero-order chi connectivity index (χ0) is 15.2. The number of anilines is 1. The summed E-state index contributed by atoms with van der Waals surface area (Å²) in [5, 5.41) is 2.53. The van der Waals surface area contributed by atoms with E-state index >= 15 is 0 Å². The summed E-state index contributed by atoms with van der Waals surface area (Å²) in [4.78, 5) is 25.5. The molecule has 0 radical (unpaired) electrons. The molecule has 0 aromatic heterocycles. The van der Waals surface area contributed by atoms with Gasteiger partial charge in [-0.15, -0.1) is 0 Å². The molecule has 1 saturated heterocycles. The van der Waals surface area contributed by atoms with Crippen molar-refractivity contribution in [1.29, 1.82) is 0 Å². The first-order valence-electron chi connectivity index (χ1n) is 6.98. The van der Waals surface area contributed by atoms with Crippen LogP contribution in [0, 0.1) is 5.82 Å². The van der Waals surface area contributed by atoms with Gasteiger partial charge in [0.2, 0.25) is 5.91 Å². The van der Waals surface area contributed by atoms with Gasteiger partial charge in [-0.25, -0.2) is 4.39 Å². The molecule has 1 amide bonds. The minimum absolute atomic E-state index is 0.0497. The molecule has 5 nitrogen and oxygen atoms in total. The monoisotopic (exact) mass is 294 g/mol. The van der Waals surface area contributed by atoms with E-state index in [1.54, 1.807) is 17.0 Å².